The second-order valence-electron chi connectivity index (χ2n) is 6.45. The molecular weight excluding hydrogens is 337 g/mol. The molecule has 0 bridgehead atoms. The zero-order chi connectivity index (χ0) is 17.6. The minimum Gasteiger partial charge on any atom is -0.338 e. The molecule has 2 aromatic rings. The van der Waals surface area contributed by atoms with Crippen LogP contribution in [0, 0.1) is 5.82 Å². The van der Waals surface area contributed by atoms with Crippen LogP contribution in [-0.2, 0) is 17.6 Å². The van der Waals surface area contributed by atoms with Crippen molar-refractivity contribution >= 4 is 17.2 Å². The predicted molar refractivity (Wildman–Crippen MR) is 98.3 cm³/mol. The Balaban J connectivity index is 1.61. The summed E-state index contributed by atoms with van der Waals surface area (Å²) in [6, 6.07) is 6.79. The van der Waals surface area contributed by atoms with E-state index in [0.29, 0.717) is 18.9 Å². The van der Waals surface area contributed by atoms with Crippen molar-refractivity contribution in [3.05, 3.63) is 51.7 Å². The van der Waals surface area contributed by atoms with E-state index in [1.165, 1.54) is 12.1 Å². The number of carbonyl (C=O) groups is 1. The molecule has 0 radical (unpaired) electrons. The van der Waals surface area contributed by atoms with Crippen LogP contribution in [-0.4, -0.2) is 41.5 Å². The summed E-state index contributed by atoms with van der Waals surface area (Å²) in [6.45, 7) is 4.78. The van der Waals surface area contributed by atoms with Crippen LogP contribution in [0.1, 0.15) is 36.0 Å². The molecular formula is C19H24FN3OS. The maximum absolute atomic E-state index is 13.0. The molecule has 1 fully saturated rings. The monoisotopic (exact) mass is 361 g/mol. The minimum atomic E-state index is -0.230. The standard InChI is InChI=1S/C19H24FN3OS/c1-2-9-23(17-7-8-21-12-17)19(24)11-16-13-25-18(22-16)10-14-3-5-15(20)6-4-14/h3-6,13,17,21H,2,7-12H2,1H3. The molecule has 0 aliphatic carbocycles. The summed E-state index contributed by atoms with van der Waals surface area (Å²) >= 11 is 1.56. The number of hydrogen-bond acceptors (Lipinski definition) is 4. The Morgan fingerprint density at radius 3 is 2.88 bits per heavy atom. The molecule has 1 unspecified atom stereocenters. The Morgan fingerprint density at radius 1 is 1.40 bits per heavy atom. The van der Waals surface area contributed by atoms with Crippen molar-refractivity contribution in [3.63, 3.8) is 0 Å². The zero-order valence-corrected chi connectivity index (χ0v) is 15.3. The fourth-order valence-electron chi connectivity index (χ4n) is 3.20. The highest BCUT2D eigenvalue weighted by molar-refractivity contribution is 7.09. The smallest absolute Gasteiger partial charge is 0.228 e. The van der Waals surface area contributed by atoms with Crippen LogP contribution in [0.4, 0.5) is 4.39 Å². The average Bonchev–Trinajstić information content (AvgIpc) is 3.27. The van der Waals surface area contributed by atoms with Gasteiger partial charge in [-0.15, -0.1) is 11.3 Å². The highest BCUT2D eigenvalue weighted by Crippen LogP contribution is 2.17. The number of thiazole rings is 1. The molecule has 3 rings (SSSR count). The summed E-state index contributed by atoms with van der Waals surface area (Å²) in [4.78, 5) is 19.3. The number of amides is 1. The SMILES string of the molecule is CCCN(C(=O)Cc1csc(Cc2ccc(F)cc2)n1)C1CCNC1. The molecule has 1 saturated heterocycles. The van der Waals surface area contributed by atoms with Crippen molar-refractivity contribution in [3.8, 4) is 0 Å². The first kappa shape index (κ1) is 18.0. The van der Waals surface area contributed by atoms with Gasteiger partial charge < -0.3 is 10.2 Å². The molecule has 2 heterocycles. The van der Waals surface area contributed by atoms with E-state index in [1.54, 1.807) is 23.5 Å². The third kappa shape index (κ3) is 4.86. The molecule has 4 nitrogen and oxygen atoms in total. The second kappa shape index (κ2) is 8.54. The number of benzene rings is 1. The van der Waals surface area contributed by atoms with Crippen molar-refractivity contribution in [2.75, 3.05) is 19.6 Å². The van der Waals surface area contributed by atoms with Crippen LogP contribution >= 0.6 is 11.3 Å². The zero-order valence-electron chi connectivity index (χ0n) is 14.5. The lowest BCUT2D eigenvalue weighted by Gasteiger charge is -2.28. The number of halogens is 1. The third-order valence-corrected chi connectivity index (χ3v) is 5.36. The Bertz CT molecular complexity index is 695. The maximum Gasteiger partial charge on any atom is 0.228 e. The maximum atomic E-state index is 13.0. The lowest BCUT2D eigenvalue weighted by Crippen LogP contribution is -2.42. The molecule has 0 spiro atoms. The molecule has 1 aromatic carbocycles. The van der Waals surface area contributed by atoms with E-state index in [1.807, 2.05) is 10.3 Å². The van der Waals surface area contributed by atoms with Gasteiger partial charge in [0.1, 0.15) is 5.82 Å². The Morgan fingerprint density at radius 2 is 2.20 bits per heavy atom. The third-order valence-electron chi connectivity index (χ3n) is 4.46. The molecule has 1 aromatic heterocycles. The second-order valence-corrected chi connectivity index (χ2v) is 7.39. The molecule has 1 amide bonds. The van der Waals surface area contributed by atoms with Crippen molar-refractivity contribution in [2.24, 2.45) is 0 Å². The summed E-state index contributed by atoms with van der Waals surface area (Å²) in [5, 5.41) is 6.25. The van der Waals surface area contributed by atoms with E-state index < -0.39 is 0 Å². The summed E-state index contributed by atoms with van der Waals surface area (Å²) < 4.78 is 13.0. The van der Waals surface area contributed by atoms with Crippen molar-refractivity contribution < 1.29 is 9.18 Å². The van der Waals surface area contributed by atoms with E-state index >= 15 is 0 Å². The fourth-order valence-corrected chi connectivity index (χ4v) is 4.03. The van der Waals surface area contributed by atoms with Crippen LogP contribution in [0.3, 0.4) is 0 Å². The Kier molecular flexibility index (Phi) is 6.15. The van der Waals surface area contributed by atoms with Gasteiger partial charge in [-0.1, -0.05) is 19.1 Å². The normalized spacial score (nSPS) is 17.0. The Hall–Kier alpha value is -1.79. The summed E-state index contributed by atoms with van der Waals surface area (Å²) in [5.41, 5.74) is 1.86. The number of nitrogens with zero attached hydrogens (tertiary/aromatic N) is 2. The first-order chi connectivity index (χ1) is 12.2. The van der Waals surface area contributed by atoms with Crippen molar-refractivity contribution in [2.45, 2.75) is 38.6 Å². The van der Waals surface area contributed by atoms with Crippen LogP contribution in [0.5, 0.6) is 0 Å². The van der Waals surface area contributed by atoms with E-state index in [9.17, 15) is 9.18 Å². The lowest BCUT2D eigenvalue weighted by atomic mass is 10.1. The highest BCUT2D eigenvalue weighted by atomic mass is 32.1. The van der Waals surface area contributed by atoms with Crippen LogP contribution < -0.4 is 5.32 Å². The number of carbonyl (C=O) groups excluding carboxylic acids is 1. The van der Waals surface area contributed by atoms with Gasteiger partial charge in [-0.3, -0.25) is 4.79 Å². The number of nitrogens with one attached hydrogen (secondary N) is 1. The molecule has 6 heteroatoms. The Labute approximate surface area is 152 Å². The quantitative estimate of drug-likeness (QED) is 0.825. The van der Waals surface area contributed by atoms with E-state index in [0.717, 1.165) is 48.7 Å². The van der Waals surface area contributed by atoms with Gasteiger partial charge in [0.2, 0.25) is 5.91 Å². The van der Waals surface area contributed by atoms with Gasteiger partial charge in [0.05, 0.1) is 17.1 Å². The molecule has 1 atom stereocenters. The molecule has 1 aliphatic rings. The van der Waals surface area contributed by atoms with Gasteiger partial charge >= 0.3 is 0 Å². The largest absolute Gasteiger partial charge is 0.338 e. The first-order valence-electron chi connectivity index (χ1n) is 8.83. The molecule has 1 N–H and O–H groups in total. The van der Waals surface area contributed by atoms with Crippen LogP contribution in [0.15, 0.2) is 29.6 Å². The van der Waals surface area contributed by atoms with Gasteiger partial charge in [0.15, 0.2) is 0 Å². The van der Waals surface area contributed by atoms with Gasteiger partial charge in [0, 0.05) is 30.9 Å². The van der Waals surface area contributed by atoms with E-state index in [4.69, 9.17) is 0 Å². The van der Waals surface area contributed by atoms with Gasteiger partial charge in [-0.2, -0.15) is 0 Å². The number of hydrogen-bond donors (Lipinski definition) is 1. The van der Waals surface area contributed by atoms with Crippen molar-refractivity contribution in [1.29, 1.82) is 0 Å². The van der Waals surface area contributed by atoms with E-state index in [2.05, 4.69) is 17.2 Å². The number of aromatic nitrogens is 1. The molecule has 0 saturated carbocycles. The fraction of sp³-hybridized carbons (Fsp3) is 0.474. The van der Waals surface area contributed by atoms with Crippen LogP contribution in [0.25, 0.3) is 0 Å². The van der Waals surface area contributed by atoms with Gasteiger partial charge in [-0.25, -0.2) is 9.37 Å². The molecule has 134 valence electrons. The average molecular weight is 361 g/mol. The highest BCUT2D eigenvalue weighted by Gasteiger charge is 2.26. The summed E-state index contributed by atoms with van der Waals surface area (Å²) in [7, 11) is 0. The van der Waals surface area contributed by atoms with E-state index in [-0.39, 0.29) is 11.7 Å². The summed E-state index contributed by atoms with van der Waals surface area (Å²) in [6.07, 6.45) is 3.02. The minimum absolute atomic E-state index is 0.161. The van der Waals surface area contributed by atoms with Gasteiger partial charge in [0.25, 0.3) is 0 Å². The van der Waals surface area contributed by atoms with Crippen molar-refractivity contribution in [1.82, 2.24) is 15.2 Å². The van der Waals surface area contributed by atoms with Gasteiger partial charge in [-0.05, 0) is 37.1 Å². The molecule has 25 heavy (non-hydrogen) atoms. The summed E-state index contributed by atoms with van der Waals surface area (Å²) in [5.74, 6) is -0.0687. The first-order valence-corrected chi connectivity index (χ1v) is 9.71. The predicted octanol–water partition coefficient (Wildman–Crippen LogP) is 3.02. The molecule has 1 aliphatic heterocycles. The topological polar surface area (TPSA) is 45.2 Å². The lowest BCUT2D eigenvalue weighted by molar-refractivity contribution is -0.132. The van der Waals surface area contributed by atoms with Crippen LogP contribution in [0.2, 0.25) is 0 Å². The number of rotatable bonds is 7.